The summed E-state index contributed by atoms with van der Waals surface area (Å²) in [5.74, 6) is -0.233. The van der Waals surface area contributed by atoms with Crippen LogP contribution in [0, 0.1) is 0 Å². The first-order valence-corrected chi connectivity index (χ1v) is 27.3. The number of hydrogen-bond acceptors (Lipinski definition) is 10. The summed E-state index contributed by atoms with van der Waals surface area (Å²) < 4.78 is 16.6. The minimum Gasteiger partial charge on any atom is -0.466 e. The molecule has 7 unspecified atom stereocenters. The monoisotopic (exact) mass is 936 g/mol. The standard InChI is InChI=1S/C55H101NO10/c1-3-5-7-9-11-13-14-19-23-27-31-35-39-43-51(60)64-44-40-36-32-28-24-21-18-16-15-17-20-22-26-30-34-38-42-50(59)56-47(48(58)41-37-33-29-25-12-10-8-6-4-2)46-65-55-54(63)53(62)52(61)49(45-57)66-55/h13-15,17,37,41,47-49,52-55,57-58,61-63H,3-12,16,18-36,38-40,42-46H2,1-2H3,(H,56,59)/b14-13-,17-15-,41-37+. The van der Waals surface area contributed by atoms with Crippen molar-refractivity contribution in [2.75, 3.05) is 19.8 Å². The second kappa shape index (κ2) is 45.3. The molecule has 0 aliphatic carbocycles. The number of unbranched alkanes of at least 4 members (excludes halogenated alkanes) is 28. The number of carbonyl (C=O) groups excluding carboxylic acids is 2. The van der Waals surface area contributed by atoms with E-state index in [-0.39, 0.29) is 18.5 Å². The van der Waals surface area contributed by atoms with E-state index in [1.165, 1.54) is 122 Å². The van der Waals surface area contributed by atoms with Gasteiger partial charge < -0.3 is 45.1 Å². The van der Waals surface area contributed by atoms with E-state index in [1.807, 2.05) is 6.08 Å². The van der Waals surface area contributed by atoms with Crippen molar-refractivity contribution < 1.29 is 49.3 Å². The van der Waals surface area contributed by atoms with E-state index in [9.17, 15) is 35.1 Å². The topological polar surface area (TPSA) is 175 Å². The molecule has 0 aromatic carbocycles. The highest BCUT2D eigenvalue weighted by Gasteiger charge is 2.44. The van der Waals surface area contributed by atoms with Crippen molar-refractivity contribution in [1.82, 2.24) is 5.32 Å². The van der Waals surface area contributed by atoms with Gasteiger partial charge in [0.05, 0.1) is 32.0 Å². The van der Waals surface area contributed by atoms with Gasteiger partial charge in [-0.3, -0.25) is 9.59 Å². The summed E-state index contributed by atoms with van der Waals surface area (Å²) in [6.45, 7) is 4.25. The van der Waals surface area contributed by atoms with Crippen molar-refractivity contribution in [2.45, 2.75) is 281 Å². The molecule has 0 bridgehead atoms. The number of allylic oxidation sites excluding steroid dienone is 5. The number of hydrogen-bond donors (Lipinski definition) is 6. The molecule has 1 saturated heterocycles. The highest BCUT2D eigenvalue weighted by atomic mass is 16.7. The van der Waals surface area contributed by atoms with Gasteiger partial charge in [-0.25, -0.2) is 0 Å². The van der Waals surface area contributed by atoms with E-state index in [2.05, 4.69) is 43.5 Å². The van der Waals surface area contributed by atoms with Crippen LogP contribution in [-0.2, 0) is 23.8 Å². The number of aliphatic hydroxyl groups excluding tert-OH is 5. The minimum absolute atomic E-state index is 0.0309. The van der Waals surface area contributed by atoms with Crippen LogP contribution >= 0.6 is 0 Å². The Hall–Kier alpha value is -2.12. The highest BCUT2D eigenvalue weighted by molar-refractivity contribution is 5.76. The van der Waals surface area contributed by atoms with Crippen molar-refractivity contribution >= 4 is 11.9 Å². The predicted molar refractivity (Wildman–Crippen MR) is 269 cm³/mol. The molecule has 1 heterocycles. The second-order valence-corrected chi connectivity index (χ2v) is 18.9. The van der Waals surface area contributed by atoms with Crippen LogP contribution in [-0.4, -0.2) is 100 Å². The minimum atomic E-state index is -1.58. The van der Waals surface area contributed by atoms with Crippen LogP contribution < -0.4 is 5.32 Å². The van der Waals surface area contributed by atoms with Gasteiger partial charge in [0.15, 0.2) is 6.29 Å². The maximum absolute atomic E-state index is 13.0. The van der Waals surface area contributed by atoms with Gasteiger partial charge >= 0.3 is 5.97 Å². The third-order valence-corrected chi connectivity index (χ3v) is 12.7. The maximum Gasteiger partial charge on any atom is 0.305 e. The lowest BCUT2D eigenvalue weighted by Gasteiger charge is -2.40. The van der Waals surface area contributed by atoms with E-state index in [0.717, 1.165) is 89.9 Å². The largest absolute Gasteiger partial charge is 0.466 e. The molecule has 1 amide bonds. The first-order valence-electron chi connectivity index (χ1n) is 27.3. The normalized spacial score (nSPS) is 19.9. The zero-order valence-electron chi connectivity index (χ0n) is 42.2. The number of aliphatic hydroxyl groups is 5. The molecule has 1 aliphatic heterocycles. The summed E-state index contributed by atoms with van der Waals surface area (Å²) in [7, 11) is 0. The number of rotatable bonds is 46. The Morgan fingerprint density at radius 3 is 1.47 bits per heavy atom. The van der Waals surface area contributed by atoms with E-state index in [0.29, 0.717) is 19.4 Å². The van der Waals surface area contributed by atoms with E-state index < -0.39 is 49.5 Å². The van der Waals surface area contributed by atoms with Gasteiger partial charge in [-0.1, -0.05) is 179 Å². The number of carbonyl (C=O) groups is 2. The van der Waals surface area contributed by atoms with Crippen molar-refractivity contribution in [3.05, 3.63) is 36.5 Å². The number of nitrogens with one attached hydrogen (secondary N) is 1. The molecule has 7 atom stereocenters. The predicted octanol–water partition coefficient (Wildman–Crippen LogP) is 11.6. The third-order valence-electron chi connectivity index (χ3n) is 12.7. The zero-order chi connectivity index (χ0) is 48.1. The van der Waals surface area contributed by atoms with Crippen molar-refractivity contribution in [3.8, 4) is 0 Å². The molecule has 386 valence electrons. The second-order valence-electron chi connectivity index (χ2n) is 18.9. The fourth-order valence-corrected chi connectivity index (χ4v) is 8.30. The summed E-state index contributed by atoms with van der Waals surface area (Å²) >= 11 is 0. The highest BCUT2D eigenvalue weighted by Crippen LogP contribution is 2.23. The molecule has 0 radical (unpaired) electrons. The summed E-state index contributed by atoms with van der Waals surface area (Å²) in [6, 6.07) is -0.821. The molecule has 0 saturated carbocycles. The lowest BCUT2D eigenvalue weighted by atomic mass is 9.99. The summed E-state index contributed by atoms with van der Waals surface area (Å²) in [6.07, 6.45) is 43.8. The number of ether oxygens (including phenoxy) is 3. The smallest absolute Gasteiger partial charge is 0.305 e. The van der Waals surface area contributed by atoms with Crippen LogP contribution in [0.3, 0.4) is 0 Å². The molecule has 0 aromatic heterocycles. The molecule has 1 aliphatic rings. The molecule has 11 heteroatoms. The Morgan fingerprint density at radius 2 is 0.970 bits per heavy atom. The lowest BCUT2D eigenvalue weighted by Crippen LogP contribution is -2.60. The van der Waals surface area contributed by atoms with Gasteiger partial charge in [0.2, 0.25) is 5.91 Å². The lowest BCUT2D eigenvalue weighted by molar-refractivity contribution is -0.302. The summed E-state index contributed by atoms with van der Waals surface area (Å²) in [4.78, 5) is 25.0. The van der Waals surface area contributed by atoms with E-state index >= 15 is 0 Å². The average Bonchev–Trinajstić information content (AvgIpc) is 3.31. The third kappa shape index (κ3) is 35.1. The quantitative estimate of drug-likeness (QED) is 0.0196. The zero-order valence-corrected chi connectivity index (χ0v) is 42.2. The molecule has 6 N–H and O–H groups in total. The van der Waals surface area contributed by atoms with Gasteiger partial charge in [-0.15, -0.1) is 0 Å². The molecular weight excluding hydrogens is 835 g/mol. The molecule has 1 rings (SSSR count). The average molecular weight is 936 g/mol. The van der Waals surface area contributed by atoms with Gasteiger partial charge in [-0.2, -0.15) is 0 Å². The molecule has 0 spiro atoms. The van der Waals surface area contributed by atoms with Crippen LogP contribution in [0.5, 0.6) is 0 Å². The van der Waals surface area contributed by atoms with Crippen LogP contribution in [0.1, 0.15) is 239 Å². The number of amides is 1. The SMILES string of the molecule is CCCCCC/C=C\CCCCCCCC(=O)OCCCCCCCCC/C=C\CCCCCCCC(=O)NC(COC1OC(CO)C(O)C(O)C1O)C(O)/C=C/CCCCCCCCC. The van der Waals surface area contributed by atoms with Crippen LogP contribution in [0.25, 0.3) is 0 Å². The van der Waals surface area contributed by atoms with Crippen LogP contribution in [0.4, 0.5) is 0 Å². The van der Waals surface area contributed by atoms with Crippen LogP contribution in [0.15, 0.2) is 36.5 Å². The Labute approximate surface area is 403 Å². The Bertz CT molecular complexity index is 1190. The van der Waals surface area contributed by atoms with Gasteiger partial charge in [0, 0.05) is 12.8 Å². The molecule has 1 fully saturated rings. The first kappa shape index (κ1) is 61.9. The van der Waals surface area contributed by atoms with E-state index in [1.54, 1.807) is 6.08 Å². The van der Waals surface area contributed by atoms with Crippen molar-refractivity contribution in [3.63, 3.8) is 0 Å². The van der Waals surface area contributed by atoms with Crippen LogP contribution in [0.2, 0.25) is 0 Å². The first-order chi connectivity index (χ1) is 32.2. The summed E-state index contributed by atoms with van der Waals surface area (Å²) in [5, 5.41) is 54.1. The van der Waals surface area contributed by atoms with Crippen molar-refractivity contribution in [2.24, 2.45) is 0 Å². The number of esters is 1. The molecular formula is C55H101NO10. The maximum atomic E-state index is 13.0. The Morgan fingerprint density at radius 1 is 0.545 bits per heavy atom. The van der Waals surface area contributed by atoms with E-state index in [4.69, 9.17) is 14.2 Å². The summed E-state index contributed by atoms with van der Waals surface area (Å²) in [5.41, 5.74) is 0. The van der Waals surface area contributed by atoms with Gasteiger partial charge in [0.1, 0.15) is 24.4 Å². The molecule has 0 aromatic rings. The van der Waals surface area contributed by atoms with Crippen molar-refractivity contribution in [1.29, 1.82) is 0 Å². The fourth-order valence-electron chi connectivity index (χ4n) is 8.30. The van der Waals surface area contributed by atoms with Gasteiger partial charge in [0.25, 0.3) is 0 Å². The Balaban J connectivity index is 2.10. The Kier molecular flexibility index (Phi) is 42.5. The fraction of sp³-hybridized carbons (Fsp3) is 0.855. The van der Waals surface area contributed by atoms with Gasteiger partial charge in [-0.05, 0) is 83.5 Å². The molecule has 66 heavy (non-hydrogen) atoms. The molecule has 11 nitrogen and oxygen atoms in total.